The highest BCUT2D eigenvalue weighted by molar-refractivity contribution is 5.38. The molecule has 0 aliphatic heterocycles. The van der Waals surface area contributed by atoms with E-state index in [1.165, 1.54) is 12.4 Å². The normalized spacial score (nSPS) is 11.4. The number of ether oxygens (including phenoxy) is 1. The summed E-state index contributed by atoms with van der Waals surface area (Å²) in [6.45, 7) is 2.47. The van der Waals surface area contributed by atoms with Gasteiger partial charge in [-0.1, -0.05) is 0 Å². The van der Waals surface area contributed by atoms with E-state index in [2.05, 4.69) is 15.1 Å². The van der Waals surface area contributed by atoms with Crippen LogP contribution in [-0.4, -0.2) is 19.7 Å². The van der Waals surface area contributed by atoms with Gasteiger partial charge in [-0.3, -0.25) is 4.68 Å². The molecule has 10 heteroatoms. The van der Waals surface area contributed by atoms with Gasteiger partial charge in [0.05, 0.1) is 12.4 Å². The minimum absolute atomic E-state index is 0.204. The molecule has 0 spiro atoms. The van der Waals surface area contributed by atoms with Gasteiger partial charge in [0.15, 0.2) is 5.75 Å². The summed E-state index contributed by atoms with van der Waals surface area (Å²) in [5.74, 6) is 3.51. The Kier molecular flexibility index (Phi) is 3.74. The van der Waals surface area contributed by atoms with Crippen LogP contribution in [-0.2, 0) is 12.7 Å². The van der Waals surface area contributed by atoms with Crippen molar-refractivity contribution >= 4 is 5.82 Å². The third-order valence-electron chi connectivity index (χ3n) is 2.26. The first-order valence-electron chi connectivity index (χ1n) is 5.55. The summed E-state index contributed by atoms with van der Waals surface area (Å²) in [6, 6.07) is 1.15. The van der Waals surface area contributed by atoms with Crippen LogP contribution in [0.1, 0.15) is 12.7 Å². The third-order valence-corrected chi connectivity index (χ3v) is 2.26. The number of aromatic nitrogens is 4. The van der Waals surface area contributed by atoms with Gasteiger partial charge in [0.25, 0.3) is 0 Å². The summed E-state index contributed by atoms with van der Waals surface area (Å²) in [5, 5.41) is 3.93. The zero-order chi connectivity index (χ0) is 14.8. The molecule has 2 aromatic heterocycles. The fourth-order valence-electron chi connectivity index (χ4n) is 1.37. The molecule has 0 saturated heterocycles. The van der Waals surface area contributed by atoms with Crippen LogP contribution in [0.2, 0.25) is 0 Å². The SMILES string of the molecule is CCn1cc(Oc2cc(NN)nc(C(F)(F)F)n2)cn1. The highest BCUT2D eigenvalue weighted by Gasteiger charge is 2.35. The molecule has 108 valence electrons. The number of hydrazine groups is 1. The molecule has 0 bridgehead atoms. The van der Waals surface area contributed by atoms with E-state index in [4.69, 9.17) is 10.6 Å². The summed E-state index contributed by atoms with van der Waals surface area (Å²) in [6.07, 6.45) is -1.79. The van der Waals surface area contributed by atoms with Gasteiger partial charge in [0.1, 0.15) is 5.82 Å². The molecule has 0 saturated carbocycles. The lowest BCUT2D eigenvalue weighted by molar-refractivity contribution is -0.145. The Hall–Kier alpha value is -2.36. The Morgan fingerprint density at radius 1 is 1.40 bits per heavy atom. The van der Waals surface area contributed by atoms with Crippen LogP contribution >= 0.6 is 0 Å². The molecule has 20 heavy (non-hydrogen) atoms. The number of nitrogens with zero attached hydrogens (tertiary/aromatic N) is 4. The fraction of sp³-hybridized carbons (Fsp3) is 0.300. The minimum Gasteiger partial charge on any atom is -0.436 e. The number of nitrogen functional groups attached to an aromatic ring is 1. The lowest BCUT2D eigenvalue weighted by Crippen LogP contribution is -2.16. The van der Waals surface area contributed by atoms with E-state index < -0.39 is 12.0 Å². The van der Waals surface area contributed by atoms with Crippen molar-refractivity contribution in [3.8, 4) is 11.6 Å². The number of rotatable bonds is 4. The average molecular weight is 288 g/mol. The number of hydrogen-bond donors (Lipinski definition) is 2. The smallest absolute Gasteiger partial charge is 0.436 e. The van der Waals surface area contributed by atoms with Crippen molar-refractivity contribution in [3.05, 3.63) is 24.3 Å². The highest BCUT2D eigenvalue weighted by atomic mass is 19.4. The maximum Gasteiger partial charge on any atom is 0.451 e. The Morgan fingerprint density at radius 2 is 2.15 bits per heavy atom. The Morgan fingerprint density at radius 3 is 2.70 bits per heavy atom. The molecular formula is C10H11F3N6O. The minimum atomic E-state index is -4.70. The van der Waals surface area contributed by atoms with Crippen LogP contribution in [0.5, 0.6) is 11.6 Å². The Bertz CT molecular complexity index is 597. The van der Waals surface area contributed by atoms with Crippen LogP contribution in [0.4, 0.5) is 19.0 Å². The van der Waals surface area contributed by atoms with Crippen molar-refractivity contribution in [2.45, 2.75) is 19.6 Å². The van der Waals surface area contributed by atoms with E-state index in [1.807, 2.05) is 12.3 Å². The van der Waals surface area contributed by atoms with Crippen molar-refractivity contribution in [1.82, 2.24) is 19.7 Å². The summed E-state index contributed by atoms with van der Waals surface area (Å²) < 4.78 is 44.6. The number of hydrogen-bond acceptors (Lipinski definition) is 6. The number of aryl methyl sites for hydroxylation is 1. The number of nitrogens with one attached hydrogen (secondary N) is 1. The lowest BCUT2D eigenvalue weighted by Gasteiger charge is -2.09. The van der Waals surface area contributed by atoms with E-state index in [0.29, 0.717) is 6.54 Å². The van der Waals surface area contributed by atoms with Crippen molar-refractivity contribution in [2.24, 2.45) is 5.84 Å². The van der Waals surface area contributed by atoms with Gasteiger partial charge in [-0.15, -0.1) is 0 Å². The second kappa shape index (κ2) is 5.33. The summed E-state index contributed by atoms with van der Waals surface area (Å²) in [5.41, 5.74) is 2.03. The lowest BCUT2D eigenvalue weighted by atomic mass is 10.5. The first-order chi connectivity index (χ1) is 9.42. The van der Waals surface area contributed by atoms with E-state index in [1.54, 1.807) is 4.68 Å². The molecule has 0 atom stereocenters. The van der Waals surface area contributed by atoms with E-state index in [-0.39, 0.29) is 17.4 Å². The molecule has 0 aromatic carbocycles. The van der Waals surface area contributed by atoms with Crippen LogP contribution in [0.25, 0.3) is 0 Å². The van der Waals surface area contributed by atoms with Crippen LogP contribution in [0, 0.1) is 0 Å². The van der Waals surface area contributed by atoms with E-state index in [0.717, 1.165) is 6.07 Å². The molecule has 0 aliphatic rings. The summed E-state index contributed by atoms with van der Waals surface area (Å²) in [7, 11) is 0. The van der Waals surface area contributed by atoms with Gasteiger partial charge in [0.2, 0.25) is 11.7 Å². The van der Waals surface area contributed by atoms with Crippen LogP contribution < -0.4 is 16.0 Å². The number of nitrogens with two attached hydrogens (primary N) is 1. The summed E-state index contributed by atoms with van der Waals surface area (Å²) >= 11 is 0. The molecule has 0 aliphatic carbocycles. The molecule has 2 aromatic rings. The number of alkyl halides is 3. The predicted molar refractivity (Wildman–Crippen MR) is 62.8 cm³/mol. The molecular weight excluding hydrogens is 277 g/mol. The van der Waals surface area contributed by atoms with E-state index >= 15 is 0 Å². The topological polar surface area (TPSA) is 90.9 Å². The number of halogens is 3. The summed E-state index contributed by atoms with van der Waals surface area (Å²) in [4.78, 5) is 6.51. The third kappa shape index (κ3) is 3.15. The van der Waals surface area contributed by atoms with Crippen molar-refractivity contribution in [3.63, 3.8) is 0 Å². The second-order valence-electron chi connectivity index (χ2n) is 3.69. The standard InChI is InChI=1S/C10H11F3N6O/c1-2-19-5-6(4-15-19)20-8-3-7(18-14)16-9(17-8)10(11,12)13/h3-5H,2,14H2,1H3,(H,16,17,18). The number of anilines is 1. The van der Waals surface area contributed by atoms with Gasteiger partial charge < -0.3 is 10.2 Å². The van der Waals surface area contributed by atoms with E-state index in [9.17, 15) is 13.2 Å². The molecule has 7 nitrogen and oxygen atoms in total. The first kappa shape index (κ1) is 14.1. The first-order valence-corrected chi connectivity index (χ1v) is 5.55. The Balaban J connectivity index is 2.31. The zero-order valence-corrected chi connectivity index (χ0v) is 10.3. The highest BCUT2D eigenvalue weighted by Crippen LogP contribution is 2.30. The molecule has 3 N–H and O–H groups in total. The zero-order valence-electron chi connectivity index (χ0n) is 10.3. The quantitative estimate of drug-likeness (QED) is 0.658. The average Bonchev–Trinajstić information content (AvgIpc) is 2.85. The van der Waals surface area contributed by atoms with Gasteiger partial charge >= 0.3 is 6.18 Å². The molecule has 0 radical (unpaired) electrons. The van der Waals surface area contributed by atoms with Gasteiger partial charge in [-0.05, 0) is 6.92 Å². The maximum absolute atomic E-state index is 12.6. The van der Waals surface area contributed by atoms with Crippen LogP contribution in [0.3, 0.4) is 0 Å². The molecule has 0 fully saturated rings. The molecule has 0 unspecified atom stereocenters. The van der Waals surface area contributed by atoms with Gasteiger partial charge in [-0.25, -0.2) is 10.8 Å². The monoisotopic (exact) mass is 288 g/mol. The van der Waals surface area contributed by atoms with Crippen molar-refractivity contribution in [2.75, 3.05) is 5.43 Å². The van der Waals surface area contributed by atoms with Gasteiger partial charge in [0, 0.05) is 12.6 Å². The second-order valence-corrected chi connectivity index (χ2v) is 3.69. The fourth-order valence-corrected chi connectivity index (χ4v) is 1.37. The van der Waals surface area contributed by atoms with Crippen LogP contribution in [0.15, 0.2) is 18.5 Å². The van der Waals surface area contributed by atoms with Crippen molar-refractivity contribution in [1.29, 1.82) is 0 Å². The molecule has 0 amide bonds. The Labute approximate surface area is 111 Å². The largest absolute Gasteiger partial charge is 0.451 e. The molecule has 2 rings (SSSR count). The maximum atomic E-state index is 12.6. The van der Waals surface area contributed by atoms with Gasteiger partial charge in [-0.2, -0.15) is 23.3 Å². The molecule has 2 heterocycles. The van der Waals surface area contributed by atoms with Crippen molar-refractivity contribution < 1.29 is 17.9 Å². The predicted octanol–water partition coefficient (Wildman–Crippen LogP) is 1.79.